The van der Waals surface area contributed by atoms with Crippen LogP contribution >= 0.6 is 27.7 Å². The Hall–Kier alpha value is -0.520. The van der Waals surface area contributed by atoms with Crippen LogP contribution in [0.25, 0.3) is 0 Å². The fourth-order valence-corrected chi connectivity index (χ4v) is 4.11. The van der Waals surface area contributed by atoms with Gasteiger partial charge in [-0.2, -0.15) is 0 Å². The predicted octanol–water partition coefficient (Wildman–Crippen LogP) is 3.82. The minimum Gasteiger partial charge on any atom is -0.381 e. The molecule has 0 bridgehead atoms. The highest BCUT2D eigenvalue weighted by Crippen LogP contribution is 2.36. The van der Waals surface area contributed by atoms with Gasteiger partial charge in [-0.3, -0.25) is 4.99 Å². The molecule has 1 spiro atoms. The van der Waals surface area contributed by atoms with Crippen LogP contribution in [0.15, 0.2) is 27.7 Å². The summed E-state index contributed by atoms with van der Waals surface area (Å²) in [6.45, 7) is 3.79. The molecule has 1 N–H and O–H groups in total. The van der Waals surface area contributed by atoms with Gasteiger partial charge < -0.3 is 10.1 Å². The molecule has 0 amide bonds. The maximum absolute atomic E-state index is 5.44. The highest BCUT2D eigenvalue weighted by molar-refractivity contribution is 9.10. The Balaban J connectivity index is 1.75. The Kier molecular flexibility index (Phi) is 3.87. The predicted molar refractivity (Wildman–Crippen MR) is 85.2 cm³/mol. The van der Waals surface area contributed by atoms with Gasteiger partial charge in [0.2, 0.25) is 0 Å². The normalized spacial score (nSPS) is 21.5. The Morgan fingerprint density at radius 3 is 2.89 bits per heavy atom. The van der Waals surface area contributed by atoms with E-state index in [0.717, 1.165) is 47.1 Å². The van der Waals surface area contributed by atoms with Crippen LogP contribution in [0.4, 0.5) is 5.69 Å². The van der Waals surface area contributed by atoms with Crippen molar-refractivity contribution in [1.82, 2.24) is 0 Å². The van der Waals surface area contributed by atoms with Gasteiger partial charge in [0.1, 0.15) is 0 Å². The summed E-state index contributed by atoms with van der Waals surface area (Å²) in [5.41, 5.74) is 2.48. The molecule has 2 heterocycles. The van der Waals surface area contributed by atoms with Gasteiger partial charge in [-0.25, -0.2) is 0 Å². The molecule has 3 nitrogen and oxygen atoms in total. The molecule has 19 heavy (non-hydrogen) atoms. The standard InChI is InChI=1S/C14H17BrN2OS/c1-10-8-11(15)2-3-12(10)16-13-17-14(9-19-13)4-6-18-7-5-14/h2-3,8H,4-7,9H2,1H3,(H,16,17). The Morgan fingerprint density at radius 1 is 1.37 bits per heavy atom. The lowest BCUT2D eigenvalue weighted by atomic mass is 9.93. The van der Waals surface area contributed by atoms with Gasteiger partial charge in [-0.1, -0.05) is 27.7 Å². The number of ether oxygens (including phenoxy) is 1. The Bertz CT molecular complexity index is 512. The van der Waals surface area contributed by atoms with Crippen LogP contribution in [0.5, 0.6) is 0 Å². The summed E-state index contributed by atoms with van der Waals surface area (Å²) < 4.78 is 6.55. The number of nitrogens with one attached hydrogen (secondary N) is 1. The van der Waals surface area contributed by atoms with Crippen LogP contribution in [-0.2, 0) is 4.74 Å². The summed E-state index contributed by atoms with van der Waals surface area (Å²) in [6, 6.07) is 6.27. The van der Waals surface area contributed by atoms with E-state index >= 15 is 0 Å². The van der Waals surface area contributed by atoms with Crippen LogP contribution in [0, 0.1) is 6.92 Å². The zero-order chi connectivity index (χ0) is 13.3. The summed E-state index contributed by atoms with van der Waals surface area (Å²) in [7, 11) is 0. The van der Waals surface area contributed by atoms with Crippen LogP contribution in [0.2, 0.25) is 0 Å². The second kappa shape index (κ2) is 5.46. The number of thioether (sulfide) groups is 1. The number of hydrogen-bond donors (Lipinski definition) is 1. The molecule has 1 fully saturated rings. The van der Waals surface area contributed by atoms with Gasteiger partial charge in [-0.05, 0) is 43.5 Å². The van der Waals surface area contributed by atoms with Crippen LogP contribution in [-0.4, -0.2) is 29.7 Å². The van der Waals surface area contributed by atoms with Crippen molar-refractivity contribution in [3.8, 4) is 0 Å². The zero-order valence-corrected chi connectivity index (χ0v) is 13.3. The highest BCUT2D eigenvalue weighted by Gasteiger charge is 2.37. The van der Waals surface area contributed by atoms with E-state index in [4.69, 9.17) is 9.73 Å². The molecule has 1 aromatic rings. The van der Waals surface area contributed by atoms with Gasteiger partial charge in [0.05, 0.1) is 5.54 Å². The van der Waals surface area contributed by atoms with Crippen molar-refractivity contribution in [2.75, 3.05) is 24.3 Å². The molecular formula is C14H17BrN2OS. The molecule has 2 aliphatic heterocycles. The fourth-order valence-electron chi connectivity index (χ4n) is 2.44. The number of halogens is 1. The summed E-state index contributed by atoms with van der Waals surface area (Å²) in [6.07, 6.45) is 2.09. The Labute approximate surface area is 126 Å². The molecule has 2 aliphatic rings. The first-order valence-corrected chi connectivity index (χ1v) is 8.28. The first kappa shape index (κ1) is 13.5. The van der Waals surface area contributed by atoms with Gasteiger partial charge >= 0.3 is 0 Å². The molecule has 102 valence electrons. The van der Waals surface area contributed by atoms with E-state index < -0.39 is 0 Å². The quantitative estimate of drug-likeness (QED) is 0.843. The van der Waals surface area contributed by atoms with Crippen molar-refractivity contribution in [3.63, 3.8) is 0 Å². The number of benzene rings is 1. The molecule has 0 radical (unpaired) electrons. The number of aryl methyl sites for hydroxylation is 1. The number of amidine groups is 1. The van der Waals surface area contributed by atoms with Crippen molar-refractivity contribution in [2.45, 2.75) is 25.3 Å². The third-order valence-corrected chi connectivity index (χ3v) is 5.31. The highest BCUT2D eigenvalue weighted by atomic mass is 79.9. The van der Waals surface area contributed by atoms with Crippen LogP contribution in [0.3, 0.4) is 0 Å². The van der Waals surface area contributed by atoms with Crippen LogP contribution < -0.4 is 5.32 Å². The lowest BCUT2D eigenvalue weighted by Crippen LogP contribution is -2.34. The number of aliphatic imine (C=N–C) groups is 1. The lowest BCUT2D eigenvalue weighted by Gasteiger charge is -2.29. The fraction of sp³-hybridized carbons (Fsp3) is 0.500. The third-order valence-electron chi connectivity index (χ3n) is 3.67. The van der Waals surface area contributed by atoms with E-state index in [1.165, 1.54) is 5.56 Å². The summed E-state index contributed by atoms with van der Waals surface area (Å²) in [5.74, 6) is 1.08. The van der Waals surface area contributed by atoms with Crippen molar-refractivity contribution in [1.29, 1.82) is 0 Å². The van der Waals surface area contributed by atoms with E-state index in [1.54, 1.807) is 0 Å². The number of anilines is 1. The first-order valence-electron chi connectivity index (χ1n) is 6.51. The average molecular weight is 341 g/mol. The van der Waals surface area contributed by atoms with E-state index in [9.17, 15) is 0 Å². The molecule has 1 saturated heterocycles. The third kappa shape index (κ3) is 2.98. The first-order chi connectivity index (χ1) is 9.17. The summed E-state index contributed by atoms with van der Waals surface area (Å²) in [4.78, 5) is 4.91. The molecule has 3 rings (SSSR count). The number of hydrogen-bond acceptors (Lipinski definition) is 4. The van der Waals surface area contributed by atoms with Gasteiger partial charge in [0, 0.05) is 29.1 Å². The number of nitrogens with zero attached hydrogens (tertiary/aromatic N) is 1. The van der Waals surface area contributed by atoms with Crippen molar-refractivity contribution < 1.29 is 4.74 Å². The molecular weight excluding hydrogens is 324 g/mol. The van der Waals surface area contributed by atoms with Crippen molar-refractivity contribution in [2.24, 2.45) is 4.99 Å². The summed E-state index contributed by atoms with van der Waals surface area (Å²) >= 11 is 5.32. The van der Waals surface area contributed by atoms with E-state index in [1.807, 2.05) is 11.8 Å². The maximum Gasteiger partial charge on any atom is 0.161 e. The average Bonchev–Trinajstić information content (AvgIpc) is 2.77. The molecule has 0 aliphatic carbocycles. The van der Waals surface area contributed by atoms with E-state index in [0.29, 0.717) is 0 Å². The van der Waals surface area contributed by atoms with Crippen molar-refractivity contribution >= 4 is 38.5 Å². The van der Waals surface area contributed by atoms with Gasteiger partial charge in [-0.15, -0.1) is 0 Å². The molecule has 0 unspecified atom stereocenters. The zero-order valence-electron chi connectivity index (χ0n) is 10.9. The lowest BCUT2D eigenvalue weighted by molar-refractivity contribution is 0.0624. The van der Waals surface area contributed by atoms with Gasteiger partial charge in [0.25, 0.3) is 0 Å². The molecule has 0 atom stereocenters. The van der Waals surface area contributed by atoms with Crippen molar-refractivity contribution in [3.05, 3.63) is 28.2 Å². The maximum atomic E-state index is 5.44. The molecule has 0 aromatic heterocycles. The smallest absolute Gasteiger partial charge is 0.161 e. The SMILES string of the molecule is Cc1cc(Br)ccc1NC1=NC2(CCOCC2)CS1. The van der Waals surface area contributed by atoms with E-state index in [2.05, 4.69) is 46.4 Å². The number of rotatable bonds is 1. The van der Waals surface area contributed by atoms with Crippen LogP contribution in [0.1, 0.15) is 18.4 Å². The second-order valence-electron chi connectivity index (χ2n) is 5.13. The largest absolute Gasteiger partial charge is 0.381 e. The Morgan fingerprint density at radius 2 is 2.16 bits per heavy atom. The topological polar surface area (TPSA) is 33.6 Å². The molecule has 0 saturated carbocycles. The minimum absolute atomic E-state index is 0.120. The summed E-state index contributed by atoms with van der Waals surface area (Å²) in [5, 5.41) is 4.51. The molecule has 1 aromatic carbocycles. The molecule has 5 heteroatoms. The van der Waals surface area contributed by atoms with Gasteiger partial charge in [0.15, 0.2) is 5.17 Å². The second-order valence-corrected chi connectivity index (χ2v) is 7.01. The monoisotopic (exact) mass is 340 g/mol. The van der Waals surface area contributed by atoms with E-state index in [-0.39, 0.29) is 5.54 Å². The minimum atomic E-state index is 0.120.